The number of nitrogens with zero attached hydrogens (tertiary/aromatic N) is 1. The van der Waals surface area contributed by atoms with Crippen molar-refractivity contribution in [1.29, 1.82) is 0 Å². The number of hydrogen-bond acceptors (Lipinski definition) is 3. The van der Waals surface area contributed by atoms with Crippen LogP contribution in [-0.4, -0.2) is 11.8 Å². The van der Waals surface area contributed by atoms with Crippen LogP contribution < -0.4 is 10.2 Å². The molecule has 25 heavy (non-hydrogen) atoms. The van der Waals surface area contributed by atoms with Gasteiger partial charge in [0.25, 0.3) is 11.8 Å². The van der Waals surface area contributed by atoms with E-state index in [0.29, 0.717) is 0 Å². The third-order valence-electron chi connectivity index (χ3n) is 3.38. The van der Waals surface area contributed by atoms with Gasteiger partial charge in [0.1, 0.15) is 22.4 Å². The van der Waals surface area contributed by atoms with Crippen molar-refractivity contribution in [3.05, 3.63) is 68.8 Å². The first-order chi connectivity index (χ1) is 11.8. The lowest BCUT2D eigenvalue weighted by atomic mass is 10.2. The van der Waals surface area contributed by atoms with Gasteiger partial charge in [-0.25, -0.2) is 13.7 Å². The zero-order valence-electron chi connectivity index (χ0n) is 12.1. The SMILES string of the molecule is O=C1C(Cl)=C(Nc2ccc(F)c(Cl)c2)C(=O)N1c1ccc(F)c(Cl)c1. The first-order valence-electron chi connectivity index (χ1n) is 6.75. The summed E-state index contributed by atoms with van der Waals surface area (Å²) in [5.41, 5.74) is 0.114. The average molecular weight is 404 g/mol. The van der Waals surface area contributed by atoms with Crippen LogP contribution in [0, 0.1) is 11.6 Å². The first-order valence-corrected chi connectivity index (χ1v) is 7.88. The van der Waals surface area contributed by atoms with Gasteiger partial charge in [0.15, 0.2) is 0 Å². The molecule has 1 N–H and O–H groups in total. The summed E-state index contributed by atoms with van der Waals surface area (Å²) in [6, 6.07) is 7.04. The number of halogens is 5. The Morgan fingerprint density at radius 1 is 0.840 bits per heavy atom. The molecule has 0 radical (unpaired) electrons. The van der Waals surface area contributed by atoms with E-state index in [1.54, 1.807) is 0 Å². The predicted molar refractivity (Wildman–Crippen MR) is 91.8 cm³/mol. The number of rotatable bonds is 3. The molecule has 0 aromatic heterocycles. The number of carbonyl (C=O) groups is 2. The minimum atomic E-state index is -0.801. The fraction of sp³-hybridized carbons (Fsp3) is 0. The van der Waals surface area contributed by atoms with Gasteiger partial charge in [0.05, 0.1) is 15.7 Å². The monoisotopic (exact) mass is 402 g/mol. The normalized spacial score (nSPS) is 14.5. The van der Waals surface area contributed by atoms with Crippen molar-refractivity contribution < 1.29 is 18.4 Å². The Morgan fingerprint density at radius 2 is 1.44 bits per heavy atom. The number of benzene rings is 2. The number of anilines is 2. The molecule has 3 rings (SSSR count). The van der Waals surface area contributed by atoms with E-state index in [1.165, 1.54) is 18.2 Å². The molecule has 0 spiro atoms. The van der Waals surface area contributed by atoms with Gasteiger partial charge in [-0.15, -0.1) is 0 Å². The van der Waals surface area contributed by atoms with E-state index in [-0.39, 0.29) is 32.1 Å². The largest absolute Gasteiger partial charge is 0.350 e. The van der Waals surface area contributed by atoms with Gasteiger partial charge in [-0.1, -0.05) is 34.8 Å². The first kappa shape index (κ1) is 17.7. The smallest absolute Gasteiger partial charge is 0.283 e. The Hall–Kier alpha value is -2.15. The van der Waals surface area contributed by atoms with Crippen molar-refractivity contribution in [2.75, 3.05) is 10.2 Å². The maximum atomic E-state index is 13.3. The summed E-state index contributed by atoms with van der Waals surface area (Å²) < 4.78 is 26.5. The van der Waals surface area contributed by atoms with Gasteiger partial charge in [-0.3, -0.25) is 9.59 Å². The molecule has 0 aliphatic carbocycles. The molecule has 128 valence electrons. The minimum absolute atomic E-state index is 0.0634. The maximum absolute atomic E-state index is 13.3. The molecule has 4 nitrogen and oxygen atoms in total. The molecule has 0 saturated carbocycles. The van der Waals surface area contributed by atoms with Crippen LogP contribution in [0.3, 0.4) is 0 Å². The number of hydrogen-bond donors (Lipinski definition) is 1. The lowest BCUT2D eigenvalue weighted by Gasteiger charge is -2.15. The van der Waals surface area contributed by atoms with Gasteiger partial charge in [0, 0.05) is 5.69 Å². The van der Waals surface area contributed by atoms with Crippen LogP contribution in [0.2, 0.25) is 10.0 Å². The molecule has 2 amide bonds. The lowest BCUT2D eigenvalue weighted by molar-refractivity contribution is -0.120. The molecule has 9 heteroatoms. The summed E-state index contributed by atoms with van der Waals surface area (Å²) in [5.74, 6) is -2.89. The molecule has 0 fully saturated rings. The Kier molecular flexibility index (Phi) is 4.69. The summed E-state index contributed by atoms with van der Waals surface area (Å²) in [4.78, 5) is 25.6. The molecule has 0 unspecified atom stereocenters. The Morgan fingerprint density at radius 3 is 2.04 bits per heavy atom. The molecule has 1 aliphatic heterocycles. The number of nitrogens with one attached hydrogen (secondary N) is 1. The highest BCUT2D eigenvalue weighted by Crippen LogP contribution is 2.32. The average Bonchev–Trinajstić information content (AvgIpc) is 2.77. The van der Waals surface area contributed by atoms with Crippen LogP contribution in [0.25, 0.3) is 0 Å². The van der Waals surface area contributed by atoms with Gasteiger partial charge >= 0.3 is 0 Å². The molecule has 0 saturated heterocycles. The van der Waals surface area contributed by atoms with E-state index in [2.05, 4.69) is 5.32 Å². The third-order valence-corrected chi connectivity index (χ3v) is 4.31. The molecule has 0 bridgehead atoms. The van der Waals surface area contributed by atoms with Gasteiger partial charge < -0.3 is 5.32 Å². The zero-order chi connectivity index (χ0) is 18.3. The predicted octanol–water partition coefficient (Wildman–Crippen LogP) is 4.71. The molecule has 2 aromatic rings. The van der Waals surface area contributed by atoms with Crippen molar-refractivity contribution in [3.8, 4) is 0 Å². The fourth-order valence-corrected chi connectivity index (χ4v) is 2.76. The van der Waals surface area contributed by atoms with Crippen LogP contribution in [0.5, 0.6) is 0 Å². The van der Waals surface area contributed by atoms with Crippen molar-refractivity contribution in [1.82, 2.24) is 0 Å². The van der Waals surface area contributed by atoms with E-state index in [9.17, 15) is 18.4 Å². The van der Waals surface area contributed by atoms with Crippen molar-refractivity contribution in [2.45, 2.75) is 0 Å². The van der Waals surface area contributed by atoms with Crippen LogP contribution >= 0.6 is 34.8 Å². The Labute approximate surface area is 155 Å². The van der Waals surface area contributed by atoms with Crippen molar-refractivity contribution in [2.24, 2.45) is 0 Å². The Balaban J connectivity index is 1.93. The Bertz CT molecular complexity index is 947. The maximum Gasteiger partial charge on any atom is 0.283 e. The van der Waals surface area contributed by atoms with E-state index in [1.807, 2.05) is 0 Å². The third kappa shape index (κ3) is 3.20. The van der Waals surface area contributed by atoms with Gasteiger partial charge in [0.2, 0.25) is 0 Å². The number of amides is 2. The van der Waals surface area contributed by atoms with Crippen LogP contribution in [0.15, 0.2) is 47.1 Å². The summed E-state index contributed by atoms with van der Waals surface area (Å²) >= 11 is 17.3. The second kappa shape index (κ2) is 6.63. The van der Waals surface area contributed by atoms with Crippen LogP contribution in [-0.2, 0) is 9.59 Å². The summed E-state index contributed by atoms with van der Waals surface area (Å²) in [6.45, 7) is 0. The van der Waals surface area contributed by atoms with Crippen molar-refractivity contribution >= 4 is 58.0 Å². The van der Waals surface area contributed by atoms with E-state index < -0.39 is 23.4 Å². The molecule has 1 aliphatic rings. The minimum Gasteiger partial charge on any atom is -0.350 e. The highest BCUT2D eigenvalue weighted by molar-refractivity contribution is 6.53. The second-order valence-electron chi connectivity index (χ2n) is 4.99. The van der Waals surface area contributed by atoms with E-state index in [4.69, 9.17) is 34.8 Å². The molecule has 1 heterocycles. The summed E-state index contributed by atoms with van der Waals surface area (Å²) in [5, 5.41) is 1.86. The molecular weight excluding hydrogens is 397 g/mol. The number of imide groups is 1. The summed E-state index contributed by atoms with van der Waals surface area (Å²) in [6.07, 6.45) is 0. The standard InChI is InChI=1S/C16H7Cl3F2N2O2/c17-9-5-7(1-3-11(9)20)22-14-13(19)15(24)23(16(14)25)8-2-4-12(21)10(18)6-8/h1-6,22H. The highest BCUT2D eigenvalue weighted by atomic mass is 35.5. The molecule has 0 atom stereocenters. The number of carbonyl (C=O) groups excluding carboxylic acids is 2. The lowest BCUT2D eigenvalue weighted by Crippen LogP contribution is -2.32. The van der Waals surface area contributed by atoms with Crippen LogP contribution in [0.1, 0.15) is 0 Å². The molecular formula is C16H7Cl3F2N2O2. The zero-order valence-corrected chi connectivity index (χ0v) is 14.4. The van der Waals surface area contributed by atoms with E-state index in [0.717, 1.165) is 23.1 Å². The highest BCUT2D eigenvalue weighted by Gasteiger charge is 2.39. The molecule has 2 aromatic carbocycles. The van der Waals surface area contributed by atoms with Crippen LogP contribution in [0.4, 0.5) is 20.2 Å². The van der Waals surface area contributed by atoms with E-state index >= 15 is 0 Å². The quantitative estimate of drug-likeness (QED) is 0.755. The van der Waals surface area contributed by atoms with Gasteiger partial charge in [-0.05, 0) is 36.4 Å². The summed E-state index contributed by atoms with van der Waals surface area (Å²) in [7, 11) is 0. The van der Waals surface area contributed by atoms with Crippen molar-refractivity contribution in [3.63, 3.8) is 0 Å². The second-order valence-corrected chi connectivity index (χ2v) is 6.18. The topological polar surface area (TPSA) is 49.4 Å². The van der Waals surface area contributed by atoms with Gasteiger partial charge in [-0.2, -0.15) is 0 Å². The fourth-order valence-electron chi connectivity index (χ4n) is 2.19.